The molecule has 0 saturated carbocycles. The summed E-state index contributed by atoms with van der Waals surface area (Å²) in [6.07, 6.45) is 4.87. The summed E-state index contributed by atoms with van der Waals surface area (Å²) in [4.78, 5) is 0. The van der Waals surface area contributed by atoms with Crippen LogP contribution in [0, 0.1) is 11.8 Å². The van der Waals surface area contributed by atoms with Gasteiger partial charge in [0.15, 0.2) is 0 Å². The number of rotatable bonds is 0. The van der Waals surface area contributed by atoms with E-state index in [4.69, 9.17) is 0 Å². The van der Waals surface area contributed by atoms with Crippen LogP contribution in [0.3, 0.4) is 0 Å². The van der Waals surface area contributed by atoms with Gasteiger partial charge in [-0.15, -0.1) is 0 Å². The maximum atomic E-state index is 2.46. The van der Waals surface area contributed by atoms with Gasteiger partial charge in [0, 0.05) is 0 Å². The van der Waals surface area contributed by atoms with Crippen molar-refractivity contribution in [2.75, 3.05) is 0 Å². The fourth-order valence-corrected chi connectivity index (χ4v) is 6.01. The van der Waals surface area contributed by atoms with Crippen LogP contribution in [0.2, 0.25) is 0 Å². The van der Waals surface area contributed by atoms with E-state index in [0.29, 0.717) is 11.8 Å². The van der Waals surface area contributed by atoms with Crippen molar-refractivity contribution in [3.8, 4) is 0 Å². The Hall–Kier alpha value is -2.86. The minimum atomic E-state index is 0.589. The summed E-state index contributed by atoms with van der Waals surface area (Å²) in [5, 5.41) is 5.60. The molecule has 0 aromatic heterocycles. The molecule has 2 aliphatic rings. The highest BCUT2D eigenvalue weighted by molar-refractivity contribution is 6.08. The molecule has 0 spiro atoms. The highest BCUT2D eigenvalue weighted by Crippen LogP contribution is 2.50. The molecule has 0 unspecified atom stereocenters. The van der Waals surface area contributed by atoms with Gasteiger partial charge in [-0.2, -0.15) is 0 Å². The summed E-state index contributed by atoms with van der Waals surface area (Å²) in [6, 6.07) is 27.4. The van der Waals surface area contributed by atoms with Crippen LogP contribution in [-0.2, 0) is 12.8 Å². The zero-order valence-electron chi connectivity index (χ0n) is 17.9. The van der Waals surface area contributed by atoms with E-state index in [1.54, 1.807) is 11.1 Å². The molecule has 2 aliphatic carbocycles. The van der Waals surface area contributed by atoms with Crippen molar-refractivity contribution >= 4 is 32.7 Å². The van der Waals surface area contributed by atoms with Gasteiger partial charge in [-0.1, -0.05) is 86.6 Å². The van der Waals surface area contributed by atoms with Gasteiger partial charge in [0.2, 0.25) is 0 Å². The van der Waals surface area contributed by atoms with Gasteiger partial charge < -0.3 is 0 Å². The predicted molar refractivity (Wildman–Crippen MR) is 130 cm³/mol. The third kappa shape index (κ3) is 2.59. The van der Waals surface area contributed by atoms with Crippen molar-refractivity contribution in [2.45, 2.75) is 39.5 Å². The summed E-state index contributed by atoms with van der Waals surface area (Å²) >= 11 is 0. The first-order valence-electron chi connectivity index (χ1n) is 11.5. The molecule has 0 N–H and O–H groups in total. The highest BCUT2D eigenvalue weighted by atomic mass is 14.4. The van der Waals surface area contributed by atoms with Gasteiger partial charge in [-0.25, -0.2) is 0 Å². The normalized spacial score (nSPS) is 23.4. The summed E-state index contributed by atoms with van der Waals surface area (Å²) < 4.78 is 0. The largest absolute Gasteiger partial charge is 0.0616 e. The van der Waals surface area contributed by atoms with E-state index in [0.717, 1.165) is 0 Å². The topological polar surface area (TPSA) is 0 Å². The Bertz CT molecular complexity index is 1220. The lowest BCUT2D eigenvalue weighted by Gasteiger charge is -2.35. The van der Waals surface area contributed by atoms with Crippen LogP contribution in [0.25, 0.3) is 32.7 Å². The maximum absolute atomic E-state index is 2.46. The maximum Gasteiger partial charge on any atom is -0.0106 e. The molecule has 6 rings (SSSR count). The smallest absolute Gasteiger partial charge is 0.0106 e. The average Bonchev–Trinajstić information content (AvgIpc) is 2.79. The number of hydrogen-bond donors (Lipinski definition) is 0. The molecule has 0 amide bonds. The van der Waals surface area contributed by atoms with Crippen molar-refractivity contribution in [2.24, 2.45) is 11.8 Å². The summed E-state index contributed by atoms with van der Waals surface area (Å²) in [5.41, 5.74) is 9.39. The Morgan fingerprint density at radius 3 is 1.43 bits per heavy atom. The Labute approximate surface area is 179 Å². The number of fused-ring (bicyclic) bond motifs is 6. The lowest BCUT2D eigenvalue weighted by molar-refractivity contribution is 0.617. The molecule has 30 heavy (non-hydrogen) atoms. The highest BCUT2D eigenvalue weighted by Gasteiger charge is 2.31. The van der Waals surface area contributed by atoms with Crippen LogP contribution in [0.4, 0.5) is 0 Å². The van der Waals surface area contributed by atoms with E-state index < -0.39 is 0 Å². The Kier molecular flexibility index (Phi) is 4.09. The van der Waals surface area contributed by atoms with Crippen molar-refractivity contribution in [3.05, 3.63) is 95.1 Å². The molecule has 0 heterocycles. The second-order valence-electron chi connectivity index (χ2n) is 9.35. The van der Waals surface area contributed by atoms with Gasteiger partial charge >= 0.3 is 0 Å². The zero-order chi connectivity index (χ0) is 20.2. The van der Waals surface area contributed by atoms with Gasteiger partial charge in [-0.05, 0) is 92.5 Å². The van der Waals surface area contributed by atoms with E-state index in [2.05, 4.69) is 86.6 Å². The van der Waals surface area contributed by atoms with E-state index in [9.17, 15) is 0 Å². The van der Waals surface area contributed by atoms with Crippen molar-refractivity contribution < 1.29 is 0 Å². The number of hydrogen-bond acceptors (Lipinski definition) is 0. The molecule has 0 saturated heterocycles. The zero-order valence-corrected chi connectivity index (χ0v) is 17.9. The Balaban J connectivity index is 1.77. The molecule has 0 nitrogen and oxygen atoms in total. The molecule has 0 aliphatic heterocycles. The van der Waals surface area contributed by atoms with Gasteiger partial charge in [-0.3, -0.25) is 0 Å². The molecule has 2 atom stereocenters. The van der Waals surface area contributed by atoms with Crippen LogP contribution < -0.4 is 0 Å². The quantitative estimate of drug-likeness (QED) is 0.286. The molecule has 0 heteroatoms. The van der Waals surface area contributed by atoms with Crippen LogP contribution in [-0.4, -0.2) is 0 Å². The lowest BCUT2D eigenvalue weighted by atomic mass is 9.69. The van der Waals surface area contributed by atoms with E-state index in [1.807, 2.05) is 0 Å². The fourth-order valence-electron chi connectivity index (χ4n) is 6.01. The van der Waals surface area contributed by atoms with Crippen molar-refractivity contribution in [1.82, 2.24) is 0 Å². The van der Waals surface area contributed by atoms with E-state index >= 15 is 0 Å². The molecule has 4 aromatic rings. The monoisotopic (exact) mass is 388 g/mol. The summed E-state index contributed by atoms with van der Waals surface area (Å²) in [7, 11) is 0. The molecular formula is C30H28. The molecule has 0 fully saturated rings. The first kappa shape index (κ1) is 18.0. The Morgan fingerprint density at radius 2 is 0.967 bits per heavy atom. The van der Waals surface area contributed by atoms with E-state index in [1.165, 1.54) is 69.5 Å². The number of allylic oxidation sites excluding steroid dienone is 2. The SMILES string of the molecule is C[C@H]1CCc2ccc3ccccc3c2/C1=C1/c2c(ccc3ccccc23)CC[C@@H]1C. The first-order chi connectivity index (χ1) is 14.7. The fraction of sp³-hybridized carbons (Fsp3) is 0.267. The number of benzene rings is 4. The minimum absolute atomic E-state index is 0.589. The summed E-state index contributed by atoms with van der Waals surface area (Å²) in [5.74, 6) is 1.18. The standard InChI is InChI=1S/C30H28/c1-19-11-13-23-17-15-21-7-3-5-9-25(21)29(23)27(19)28-20(2)12-14-24-18-16-22-8-4-6-10-26(22)30(24)28/h3-10,15-20H,11-14H2,1-2H3/b28-27+/t19-,20-/m0/s1. The number of aryl methyl sites for hydroxylation is 2. The van der Waals surface area contributed by atoms with Crippen LogP contribution >= 0.6 is 0 Å². The third-order valence-electron chi connectivity index (χ3n) is 7.54. The molecule has 4 aromatic carbocycles. The first-order valence-corrected chi connectivity index (χ1v) is 11.5. The molecule has 0 radical (unpaired) electrons. The molecule has 148 valence electrons. The average molecular weight is 389 g/mol. The molecular weight excluding hydrogens is 360 g/mol. The van der Waals surface area contributed by atoms with Gasteiger partial charge in [0.05, 0.1) is 0 Å². The van der Waals surface area contributed by atoms with Crippen LogP contribution in [0.1, 0.15) is 48.9 Å². The lowest BCUT2D eigenvalue weighted by Crippen LogP contribution is -2.19. The Morgan fingerprint density at radius 1 is 0.533 bits per heavy atom. The molecule has 0 bridgehead atoms. The van der Waals surface area contributed by atoms with Gasteiger partial charge in [0.25, 0.3) is 0 Å². The summed E-state index contributed by atoms with van der Waals surface area (Å²) in [6.45, 7) is 4.92. The predicted octanol–water partition coefficient (Wildman–Crippen LogP) is 8.07. The van der Waals surface area contributed by atoms with E-state index in [-0.39, 0.29) is 0 Å². The third-order valence-corrected chi connectivity index (χ3v) is 7.54. The van der Waals surface area contributed by atoms with Crippen LogP contribution in [0.15, 0.2) is 72.8 Å². The van der Waals surface area contributed by atoms with Crippen LogP contribution in [0.5, 0.6) is 0 Å². The van der Waals surface area contributed by atoms with Crippen molar-refractivity contribution in [1.29, 1.82) is 0 Å². The second kappa shape index (κ2) is 6.84. The minimum Gasteiger partial charge on any atom is -0.0616 e. The second-order valence-corrected chi connectivity index (χ2v) is 9.35. The van der Waals surface area contributed by atoms with Gasteiger partial charge in [0.1, 0.15) is 0 Å². The van der Waals surface area contributed by atoms with Crippen molar-refractivity contribution in [3.63, 3.8) is 0 Å².